The zero-order valence-corrected chi connectivity index (χ0v) is 12.0. The van der Waals surface area contributed by atoms with Crippen molar-refractivity contribution in [1.82, 2.24) is 24.9 Å². The number of likely N-dealkylation sites (N-methyl/N-ethyl adjacent to an activating group) is 1. The molecule has 0 amide bonds. The van der Waals surface area contributed by atoms with Gasteiger partial charge in [-0.25, -0.2) is 15.4 Å². The first-order valence-electron chi connectivity index (χ1n) is 6.94. The van der Waals surface area contributed by atoms with E-state index in [1.807, 2.05) is 36.1 Å². The Morgan fingerprint density at radius 2 is 2.05 bits per heavy atom. The molecule has 3 rings (SSSR count). The lowest BCUT2D eigenvalue weighted by molar-refractivity contribution is 0.0875. The van der Waals surface area contributed by atoms with Crippen LogP contribution >= 0.6 is 0 Å². The molecular formula is C14H21N5O. The average molecular weight is 275 g/mol. The van der Waals surface area contributed by atoms with Crippen molar-refractivity contribution in [1.29, 1.82) is 0 Å². The number of imidazole rings is 1. The summed E-state index contributed by atoms with van der Waals surface area (Å²) in [7, 11) is 4.16. The van der Waals surface area contributed by atoms with Crippen LogP contribution in [0, 0.1) is 0 Å². The van der Waals surface area contributed by atoms with Crippen molar-refractivity contribution in [3.8, 4) is 0 Å². The molecule has 20 heavy (non-hydrogen) atoms. The molecule has 0 radical (unpaired) electrons. The minimum absolute atomic E-state index is 0.0478. The van der Waals surface area contributed by atoms with Crippen LogP contribution in [0.4, 0.5) is 0 Å². The summed E-state index contributed by atoms with van der Waals surface area (Å²) in [5.41, 5.74) is 3.55. The summed E-state index contributed by atoms with van der Waals surface area (Å²) < 4.78 is 7.61. The number of piperazine rings is 1. The monoisotopic (exact) mass is 275 g/mol. The normalized spacial score (nSPS) is 19.3. The van der Waals surface area contributed by atoms with Gasteiger partial charge in [-0.3, -0.25) is 0 Å². The zero-order valence-electron chi connectivity index (χ0n) is 12.0. The molecule has 0 saturated carbocycles. The summed E-state index contributed by atoms with van der Waals surface area (Å²) in [6.07, 6.45) is 5.48. The standard InChI is InChI=1S/C14H21N5O/c1-17-7-9-19(10-8-17)16-13(12-4-3-11-20-12)14-15-5-6-18(14)2/h3-6,11,13,16H,7-10H2,1-2H3. The number of rotatable bonds is 4. The molecule has 1 atom stereocenters. The Labute approximate surface area is 119 Å². The molecule has 1 unspecified atom stereocenters. The highest BCUT2D eigenvalue weighted by Gasteiger charge is 2.24. The number of hydrogen-bond acceptors (Lipinski definition) is 5. The summed E-state index contributed by atoms with van der Waals surface area (Å²) >= 11 is 0. The largest absolute Gasteiger partial charge is 0.467 e. The molecule has 0 spiro atoms. The zero-order chi connectivity index (χ0) is 13.9. The summed E-state index contributed by atoms with van der Waals surface area (Å²) in [6.45, 7) is 4.13. The Balaban J connectivity index is 1.78. The highest BCUT2D eigenvalue weighted by molar-refractivity contribution is 5.15. The summed E-state index contributed by atoms with van der Waals surface area (Å²) in [5, 5.41) is 2.25. The number of hydrazine groups is 1. The van der Waals surface area contributed by atoms with E-state index >= 15 is 0 Å². The average Bonchev–Trinajstić information content (AvgIpc) is 3.10. The Kier molecular flexibility index (Phi) is 3.86. The van der Waals surface area contributed by atoms with E-state index in [1.165, 1.54) is 0 Å². The molecular weight excluding hydrogens is 254 g/mol. The van der Waals surface area contributed by atoms with E-state index < -0.39 is 0 Å². The lowest BCUT2D eigenvalue weighted by atomic mass is 10.2. The minimum Gasteiger partial charge on any atom is -0.467 e. The molecule has 0 bridgehead atoms. The predicted molar refractivity (Wildman–Crippen MR) is 76.0 cm³/mol. The van der Waals surface area contributed by atoms with Gasteiger partial charge in [0, 0.05) is 45.6 Å². The maximum absolute atomic E-state index is 5.58. The van der Waals surface area contributed by atoms with Crippen LogP contribution in [0.25, 0.3) is 0 Å². The van der Waals surface area contributed by atoms with E-state index in [-0.39, 0.29) is 6.04 Å². The first-order valence-corrected chi connectivity index (χ1v) is 6.94. The van der Waals surface area contributed by atoms with Crippen molar-refractivity contribution in [2.45, 2.75) is 6.04 Å². The number of furan rings is 1. The van der Waals surface area contributed by atoms with Crippen LogP contribution in [0.1, 0.15) is 17.6 Å². The fraction of sp³-hybridized carbons (Fsp3) is 0.500. The van der Waals surface area contributed by atoms with Crippen molar-refractivity contribution >= 4 is 0 Å². The van der Waals surface area contributed by atoms with Gasteiger partial charge in [-0.15, -0.1) is 0 Å². The first-order chi connectivity index (χ1) is 9.74. The van der Waals surface area contributed by atoms with Gasteiger partial charge in [-0.05, 0) is 19.2 Å². The van der Waals surface area contributed by atoms with E-state index in [4.69, 9.17) is 4.42 Å². The maximum atomic E-state index is 5.58. The number of hydrogen-bond donors (Lipinski definition) is 1. The molecule has 6 heteroatoms. The first kappa shape index (κ1) is 13.4. The quantitative estimate of drug-likeness (QED) is 0.896. The molecule has 2 aromatic heterocycles. The predicted octanol–water partition coefficient (Wildman–Crippen LogP) is 0.854. The van der Waals surface area contributed by atoms with Crippen molar-refractivity contribution in [3.05, 3.63) is 42.4 Å². The van der Waals surface area contributed by atoms with Gasteiger partial charge >= 0.3 is 0 Å². The van der Waals surface area contributed by atoms with Crippen molar-refractivity contribution in [2.75, 3.05) is 33.2 Å². The molecule has 2 aromatic rings. The molecule has 108 valence electrons. The molecule has 1 saturated heterocycles. The third-order valence-corrected chi connectivity index (χ3v) is 3.76. The second-order valence-electron chi connectivity index (χ2n) is 5.26. The molecule has 0 aliphatic carbocycles. The molecule has 1 aliphatic heterocycles. The smallest absolute Gasteiger partial charge is 0.137 e. The van der Waals surface area contributed by atoms with Crippen LogP contribution in [-0.2, 0) is 7.05 Å². The van der Waals surface area contributed by atoms with Gasteiger partial charge in [0.2, 0.25) is 0 Å². The van der Waals surface area contributed by atoms with Crippen LogP contribution < -0.4 is 5.43 Å². The molecule has 1 aliphatic rings. The molecule has 6 nitrogen and oxygen atoms in total. The van der Waals surface area contributed by atoms with Crippen molar-refractivity contribution < 1.29 is 4.42 Å². The number of aromatic nitrogens is 2. The number of nitrogens with one attached hydrogen (secondary N) is 1. The number of aryl methyl sites for hydroxylation is 1. The summed E-state index contributed by atoms with van der Waals surface area (Å²) in [6, 6.07) is 3.85. The lowest BCUT2D eigenvalue weighted by Gasteiger charge is -2.34. The lowest BCUT2D eigenvalue weighted by Crippen LogP contribution is -2.52. The minimum atomic E-state index is -0.0478. The van der Waals surface area contributed by atoms with Crippen molar-refractivity contribution in [2.24, 2.45) is 7.05 Å². The highest BCUT2D eigenvalue weighted by Crippen LogP contribution is 2.21. The Bertz CT molecular complexity index is 528. The summed E-state index contributed by atoms with van der Waals surface area (Å²) in [4.78, 5) is 6.79. The summed E-state index contributed by atoms with van der Waals surface area (Å²) in [5.74, 6) is 1.84. The van der Waals surface area contributed by atoms with Crippen LogP contribution in [0.15, 0.2) is 35.2 Å². The van der Waals surface area contributed by atoms with E-state index in [2.05, 4.69) is 27.4 Å². The van der Waals surface area contributed by atoms with E-state index in [0.717, 1.165) is 37.8 Å². The highest BCUT2D eigenvalue weighted by atomic mass is 16.3. The Hall–Kier alpha value is -1.63. The molecule has 0 aromatic carbocycles. The van der Waals surface area contributed by atoms with Crippen LogP contribution in [-0.4, -0.2) is 52.7 Å². The third kappa shape index (κ3) is 2.77. The van der Waals surface area contributed by atoms with Gasteiger partial charge in [-0.1, -0.05) is 0 Å². The Morgan fingerprint density at radius 3 is 2.65 bits per heavy atom. The van der Waals surface area contributed by atoms with Crippen molar-refractivity contribution in [3.63, 3.8) is 0 Å². The van der Waals surface area contributed by atoms with Gasteiger partial charge < -0.3 is 13.9 Å². The fourth-order valence-corrected chi connectivity index (χ4v) is 2.48. The van der Waals surface area contributed by atoms with Gasteiger partial charge in [-0.2, -0.15) is 0 Å². The SMILES string of the molecule is CN1CCN(NC(c2ccco2)c2nccn2C)CC1. The van der Waals surface area contributed by atoms with E-state index in [1.54, 1.807) is 6.26 Å². The van der Waals surface area contributed by atoms with Crippen LogP contribution in [0.5, 0.6) is 0 Å². The van der Waals surface area contributed by atoms with Crippen LogP contribution in [0.3, 0.4) is 0 Å². The Morgan fingerprint density at radius 1 is 1.25 bits per heavy atom. The molecule has 3 heterocycles. The van der Waals surface area contributed by atoms with Gasteiger partial charge in [0.15, 0.2) is 0 Å². The fourth-order valence-electron chi connectivity index (χ4n) is 2.48. The van der Waals surface area contributed by atoms with Gasteiger partial charge in [0.1, 0.15) is 17.6 Å². The van der Waals surface area contributed by atoms with E-state index in [9.17, 15) is 0 Å². The number of nitrogens with zero attached hydrogens (tertiary/aromatic N) is 4. The second-order valence-corrected chi connectivity index (χ2v) is 5.26. The van der Waals surface area contributed by atoms with Crippen LogP contribution in [0.2, 0.25) is 0 Å². The second kappa shape index (κ2) is 5.78. The van der Waals surface area contributed by atoms with Gasteiger partial charge in [0.25, 0.3) is 0 Å². The molecule has 1 fully saturated rings. The van der Waals surface area contributed by atoms with Gasteiger partial charge in [0.05, 0.1) is 6.26 Å². The van der Waals surface area contributed by atoms with E-state index in [0.29, 0.717) is 0 Å². The third-order valence-electron chi connectivity index (χ3n) is 3.76. The molecule has 1 N–H and O–H groups in total. The maximum Gasteiger partial charge on any atom is 0.137 e. The topological polar surface area (TPSA) is 49.5 Å².